The molecule has 0 aliphatic rings. The molecule has 5 heteroatoms. The van der Waals surface area contributed by atoms with Crippen LogP contribution in [0.15, 0.2) is 24.3 Å². The zero-order valence-corrected chi connectivity index (χ0v) is 12.4. The lowest BCUT2D eigenvalue weighted by Crippen LogP contribution is -2.04. The number of hydrogen-bond donors (Lipinski definition) is 1. The van der Waals surface area contributed by atoms with Gasteiger partial charge in [-0.05, 0) is 25.5 Å². The second-order valence-corrected chi connectivity index (χ2v) is 5.06. The van der Waals surface area contributed by atoms with E-state index in [-0.39, 0.29) is 0 Å². The van der Waals surface area contributed by atoms with Crippen LogP contribution >= 0.6 is 23.2 Å². The Bertz CT molecular complexity index is 565. The molecule has 0 fully saturated rings. The van der Waals surface area contributed by atoms with Gasteiger partial charge in [-0.2, -0.15) is 0 Å². The third-order valence-corrected chi connectivity index (χ3v) is 3.23. The zero-order chi connectivity index (χ0) is 13.8. The van der Waals surface area contributed by atoms with Gasteiger partial charge in [0.05, 0.1) is 15.6 Å². The first-order valence-electron chi connectivity index (χ1n) is 6.15. The first kappa shape index (κ1) is 14.1. The van der Waals surface area contributed by atoms with Gasteiger partial charge in [0, 0.05) is 18.3 Å². The summed E-state index contributed by atoms with van der Waals surface area (Å²) in [5.41, 5.74) is 1.55. The van der Waals surface area contributed by atoms with E-state index in [0.29, 0.717) is 21.4 Å². The van der Waals surface area contributed by atoms with Crippen LogP contribution in [0.5, 0.6) is 0 Å². The highest BCUT2D eigenvalue weighted by Crippen LogP contribution is 2.32. The van der Waals surface area contributed by atoms with E-state index in [2.05, 4.69) is 22.2 Å². The predicted molar refractivity (Wildman–Crippen MR) is 81.0 cm³/mol. The van der Waals surface area contributed by atoms with Gasteiger partial charge < -0.3 is 5.32 Å². The molecule has 0 bridgehead atoms. The Morgan fingerprint density at radius 2 is 1.84 bits per heavy atom. The topological polar surface area (TPSA) is 37.8 Å². The van der Waals surface area contributed by atoms with Crippen molar-refractivity contribution < 1.29 is 0 Å². The van der Waals surface area contributed by atoms with Crippen LogP contribution in [-0.4, -0.2) is 16.5 Å². The van der Waals surface area contributed by atoms with Gasteiger partial charge in [0.1, 0.15) is 5.82 Å². The van der Waals surface area contributed by atoms with Crippen LogP contribution < -0.4 is 5.32 Å². The van der Waals surface area contributed by atoms with Crippen molar-refractivity contribution in [1.82, 2.24) is 9.97 Å². The number of anilines is 1. The number of rotatable bonds is 4. The normalized spacial score (nSPS) is 10.5. The van der Waals surface area contributed by atoms with Crippen LogP contribution in [0, 0.1) is 6.92 Å². The first-order chi connectivity index (χ1) is 9.11. The van der Waals surface area contributed by atoms with Crippen LogP contribution in [0.1, 0.15) is 19.0 Å². The van der Waals surface area contributed by atoms with E-state index < -0.39 is 0 Å². The molecule has 1 N–H and O–H groups in total. The Balaban J connectivity index is 2.47. The van der Waals surface area contributed by atoms with Crippen LogP contribution in [0.25, 0.3) is 11.4 Å². The third kappa shape index (κ3) is 3.37. The molecule has 1 aromatic carbocycles. The molecule has 100 valence electrons. The lowest BCUT2D eigenvalue weighted by Gasteiger charge is -2.10. The number of aryl methyl sites for hydroxylation is 1. The van der Waals surface area contributed by atoms with Crippen LogP contribution in [-0.2, 0) is 0 Å². The van der Waals surface area contributed by atoms with Gasteiger partial charge in [0.25, 0.3) is 0 Å². The quantitative estimate of drug-likeness (QED) is 0.897. The first-order valence-corrected chi connectivity index (χ1v) is 6.91. The van der Waals surface area contributed by atoms with Gasteiger partial charge in [-0.1, -0.05) is 36.2 Å². The highest BCUT2D eigenvalue weighted by atomic mass is 35.5. The van der Waals surface area contributed by atoms with E-state index in [9.17, 15) is 0 Å². The molecule has 0 saturated heterocycles. The molecular formula is C14H15Cl2N3. The largest absolute Gasteiger partial charge is 0.370 e. The molecule has 0 amide bonds. The molecule has 1 heterocycles. The summed E-state index contributed by atoms with van der Waals surface area (Å²) in [7, 11) is 0. The van der Waals surface area contributed by atoms with Crippen LogP contribution in [0.4, 0.5) is 5.82 Å². The summed E-state index contributed by atoms with van der Waals surface area (Å²) >= 11 is 12.4. The number of hydrogen-bond acceptors (Lipinski definition) is 3. The van der Waals surface area contributed by atoms with Crippen molar-refractivity contribution in [2.45, 2.75) is 20.3 Å². The summed E-state index contributed by atoms with van der Waals surface area (Å²) in [6, 6.07) is 7.28. The summed E-state index contributed by atoms with van der Waals surface area (Å²) in [5, 5.41) is 4.36. The summed E-state index contributed by atoms with van der Waals surface area (Å²) in [4.78, 5) is 8.89. The Morgan fingerprint density at radius 1 is 1.16 bits per heavy atom. The average Bonchev–Trinajstić information content (AvgIpc) is 2.35. The SMILES string of the molecule is CCCNc1cc(C)nc(-c2c(Cl)cccc2Cl)n1. The Labute approximate surface area is 123 Å². The number of aromatic nitrogens is 2. The number of benzene rings is 1. The fourth-order valence-corrected chi connectivity index (χ4v) is 2.30. The van der Waals surface area contributed by atoms with Gasteiger partial charge in [-0.25, -0.2) is 9.97 Å². The molecule has 0 aliphatic heterocycles. The van der Waals surface area contributed by atoms with Gasteiger partial charge >= 0.3 is 0 Å². The molecule has 0 aliphatic carbocycles. The van der Waals surface area contributed by atoms with E-state index in [1.54, 1.807) is 18.2 Å². The number of nitrogens with one attached hydrogen (secondary N) is 1. The monoisotopic (exact) mass is 295 g/mol. The molecule has 3 nitrogen and oxygen atoms in total. The van der Waals surface area contributed by atoms with Crippen LogP contribution in [0.3, 0.4) is 0 Å². The molecule has 2 rings (SSSR count). The Kier molecular flexibility index (Phi) is 4.61. The standard InChI is InChI=1S/C14H15Cl2N3/c1-3-7-17-12-8-9(2)18-14(19-12)13-10(15)5-4-6-11(13)16/h4-6,8H,3,7H2,1-2H3,(H,17,18,19). The van der Waals surface area contributed by atoms with Crippen molar-refractivity contribution in [3.63, 3.8) is 0 Å². The number of halogens is 2. The molecule has 0 radical (unpaired) electrons. The molecular weight excluding hydrogens is 281 g/mol. The fourth-order valence-electron chi connectivity index (χ4n) is 1.74. The van der Waals surface area contributed by atoms with Crippen LogP contribution in [0.2, 0.25) is 10.0 Å². The van der Waals surface area contributed by atoms with Gasteiger partial charge in [0.2, 0.25) is 0 Å². The molecule has 19 heavy (non-hydrogen) atoms. The predicted octanol–water partition coefficient (Wildman–Crippen LogP) is 4.58. The minimum atomic E-state index is 0.550. The molecule has 1 aromatic heterocycles. The maximum absolute atomic E-state index is 6.19. The van der Waals surface area contributed by atoms with Crippen molar-refractivity contribution in [3.8, 4) is 11.4 Å². The molecule has 0 unspecified atom stereocenters. The van der Waals surface area contributed by atoms with Gasteiger partial charge in [0.15, 0.2) is 5.82 Å². The fraction of sp³-hybridized carbons (Fsp3) is 0.286. The summed E-state index contributed by atoms with van der Waals surface area (Å²) < 4.78 is 0. The minimum Gasteiger partial charge on any atom is -0.370 e. The van der Waals surface area contributed by atoms with Crippen molar-refractivity contribution >= 4 is 29.0 Å². The van der Waals surface area contributed by atoms with E-state index in [0.717, 1.165) is 24.5 Å². The van der Waals surface area contributed by atoms with Gasteiger partial charge in [-0.3, -0.25) is 0 Å². The van der Waals surface area contributed by atoms with E-state index in [1.165, 1.54) is 0 Å². The summed E-state index contributed by atoms with van der Waals surface area (Å²) in [6.45, 7) is 4.89. The second-order valence-electron chi connectivity index (χ2n) is 4.24. The average molecular weight is 296 g/mol. The molecule has 0 spiro atoms. The maximum atomic E-state index is 6.19. The van der Waals surface area contributed by atoms with Crippen molar-refractivity contribution in [2.75, 3.05) is 11.9 Å². The van der Waals surface area contributed by atoms with E-state index in [1.807, 2.05) is 13.0 Å². The lowest BCUT2D eigenvalue weighted by atomic mass is 10.2. The minimum absolute atomic E-state index is 0.550. The van der Waals surface area contributed by atoms with Crippen molar-refractivity contribution in [1.29, 1.82) is 0 Å². The highest BCUT2D eigenvalue weighted by molar-refractivity contribution is 6.38. The maximum Gasteiger partial charge on any atom is 0.164 e. The highest BCUT2D eigenvalue weighted by Gasteiger charge is 2.12. The summed E-state index contributed by atoms with van der Waals surface area (Å²) in [6.07, 6.45) is 1.03. The summed E-state index contributed by atoms with van der Waals surface area (Å²) in [5.74, 6) is 1.34. The van der Waals surface area contributed by atoms with Crippen molar-refractivity contribution in [3.05, 3.63) is 40.0 Å². The Hall–Kier alpha value is -1.32. The van der Waals surface area contributed by atoms with E-state index in [4.69, 9.17) is 23.2 Å². The molecule has 0 atom stereocenters. The molecule has 2 aromatic rings. The zero-order valence-electron chi connectivity index (χ0n) is 10.9. The smallest absolute Gasteiger partial charge is 0.164 e. The molecule has 0 saturated carbocycles. The second kappa shape index (κ2) is 6.22. The van der Waals surface area contributed by atoms with Crippen molar-refractivity contribution in [2.24, 2.45) is 0 Å². The number of nitrogens with zero attached hydrogens (tertiary/aromatic N) is 2. The lowest BCUT2D eigenvalue weighted by molar-refractivity contribution is 0.962. The van der Waals surface area contributed by atoms with E-state index >= 15 is 0 Å². The van der Waals surface area contributed by atoms with Gasteiger partial charge in [-0.15, -0.1) is 0 Å². The Morgan fingerprint density at radius 3 is 2.47 bits per heavy atom. The third-order valence-electron chi connectivity index (χ3n) is 2.60.